The van der Waals surface area contributed by atoms with E-state index in [4.69, 9.17) is 4.52 Å². The van der Waals surface area contributed by atoms with Crippen LogP contribution in [0, 0.1) is 6.92 Å². The van der Waals surface area contributed by atoms with Crippen LogP contribution in [0.15, 0.2) is 40.2 Å². The Morgan fingerprint density at radius 3 is 2.71 bits per heavy atom. The van der Waals surface area contributed by atoms with Crippen molar-refractivity contribution in [3.05, 3.63) is 51.9 Å². The van der Waals surface area contributed by atoms with Crippen LogP contribution in [0.2, 0.25) is 0 Å². The fourth-order valence-electron chi connectivity index (χ4n) is 2.50. The number of carbonyl (C=O) groups excluding carboxylic acids is 1. The molecule has 0 N–H and O–H groups in total. The fraction of sp³-hybridized carbons (Fsp3) is 0.333. The largest absolute Gasteiger partial charge is 0.350 e. The molecule has 0 saturated carbocycles. The van der Waals surface area contributed by atoms with Gasteiger partial charge in [-0.2, -0.15) is 0 Å². The SMILES string of the molecule is Cc1ccsc1CN(CCN(C)C)C(=O)c1onc2ccccc12. The zero-order chi connectivity index (χ0) is 17.1. The molecule has 2 heterocycles. The predicted molar refractivity (Wildman–Crippen MR) is 96.4 cm³/mol. The maximum atomic E-state index is 13.0. The van der Waals surface area contributed by atoms with Gasteiger partial charge in [-0.25, -0.2) is 0 Å². The molecule has 0 radical (unpaired) electrons. The normalized spacial score (nSPS) is 11.3. The number of hydrogen-bond donors (Lipinski definition) is 0. The van der Waals surface area contributed by atoms with Gasteiger partial charge in [-0.1, -0.05) is 17.3 Å². The highest BCUT2D eigenvalue weighted by molar-refractivity contribution is 7.10. The van der Waals surface area contributed by atoms with Crippen molar-refractivity contribution < 1.29 is 9.32 Å². The zero-order valence-electron chi connectivity index (χ0n) is 14.2. The van der Waals surface area contributed by atoms with Crippen molar-refractivity contribution in [2.24, 2.45) is 0 Å². The molecule has 0 aliphatic rings. The average Bonchev–Trinajstić information content (AvgIpc) is 3.17. The van der Waals surface area contributed by atoms with E-state index < -0.39 is 0 Å². The summed E-state index contributed by atoms with van der Waals surface area (Å²) in [4.78, 5) is 18.2. The number of hydrogen-bond acceptors (Lipinski definition) is 5. The lowest BCUT2D eigenvalue weighted by molar-refractivity contribution is 0.0694. The van der Waals surface area contributed by atoms with Gasteiger partial charge in [0.1, 0.15) is 5.52 Å². The second-order valence-electron chi connectivity index (χ2n) is 6.09. The Bertz CT molecular complexity index is 838. The number of rotatable bonds is 6. The van der Waals surface area contributed by atoms with Crippen LogP contribution in [-0.4, -0.2) is 48.0 Å². The van der Waals surface area contributed by atoms with E-state index in [-0.39, 0.29) is 5.91 Å². The molecule has 0 aliphatic carbocycles. The first kappa shape index (κ1) is 16.7. The smallest absolute Gasteiger partial charge is 0.293 e. The number of aromatic nitrogens is 1. The summed E-state index contributed by atoms with van der Waals surface area (Å²) in [6.07, 6.45) is 0. The molecule has 0 atom stereocenters. The van der Waals surface area contributed by atoms with Gasteiger partial charge in [-0.05, 0) is 50.2 Å². The van der Waals surface area contributed by atoms with Gasteiger partial charge in [-0.3, -0.25) is 4.79 Å². The van der Waals surface area contributed by atoms with E-state index in [2.05, 4.69) is 28.4 Å². The van der Waals surface area contributed by atoms with E-state index in [0.29, 0.717) is 24.4 Å². The summed E-state index contributed by atoms with van der Waals surface area (Å²) >= 11 is 1.68. The van der Waals surface area contributed by atoms with Gasteiger partial charge < -0.3 is 14.3 Å². The predicted octanol–water partition coefficient (Wildman–Crippen LogP) is 3.40. The minimum atomic E-state index is -0.113. The summed E-state index contributed by atoms with van der Waals surface area (Å²) in [6.45, 7) is 4.09. The van der Waals surface area contributed by atoms with Crippen LogP contribution >= 0.6 is 11.3 Å². The molecule has 0 aliphatic heterocycles. The number of amides is 1. The molecule has 5 nitrogen and oxygen atoms in total. The van der Waals surface area contributed by atoms with Gasteiger partial charge in [0.15, 0.2) is 0 Å². The third-order valence-electron chi connectivity index (χ3n) is 3.99. The van der Waals surface area contributed by atoms with Gasteiger partial charge in [0.2, 0.25) is 5.76 Å². The van der Waals surface area contributed by atoms with Crippen molar-refractivity contribution in [1.82, 2.24) is 15.0 Å². The van der Waals surface area contributed by atoms with Crippen LogP contribution in [0.25, 0.3) is 10.9 Å². The van der Waals surface area contributed by atoms with Crippen molar-refractivity contribution in [2.75, 3.05) is 27.2 Å². The van der Waals surface area contributed by atoms with Crippen molar-refractivity contribution in [1.29, 1.82) is 0 Å². The van der Waals surface area contributed by atoms with E-state index in [1.807, 2.05) is 43.3 Å². The third kappa shape index (κ3) is 3.49. The van der Waals surface area contributed by atoms with Crippen LogP contribution in [0.5, 0.6) is 0 Å². The van der Waals surface area contributed by atoms with E-state index in [9.17, 15) is 4.79 Å². The highest BCUT2D eigenvalue weighted by atomic mass is 32.1. The Labute approximate surface area is 145 Å². The molecular weight excluding hydrogens is 322 g/mol. The summed E-state index contributed by atoms with van der Waals surface area (Å²) < 4.78 is 5.36. The van der Waals surface area contributed by atoms with Crippen molar-refractivity contribution in [3.63, 3.8) is 0 Å². The first-order valence-corrected chi connectivity index (χ1v) is 8.75. The number of benzene rings is 1. The average molecular weight is 343 g/mol. The van der Waals surface area contributed by atoms with E-state index >= 15 is 0 Å². The maximum absolute atomic E-state index is 13.0. The highest BCUT2D eigenvalue weighted by Crippen LogP contribution is 2.22. The Morgan fingerprint density at radius 2 is 2.00 bits per heavy atom. The van der Waals surface area contributed by atoms with Crippen molar-refractivity contribution in [2.45, 2.75) is 13.5 Å². The molecule has 0 fully saturated rings. The van der Waals surface area contributed by atoms with Gasteiger partial charge in [0.25, 0.3) is 5.91 Å². The molecule has 3 aromatic rings. The quantitative estimate of drug-likeness (QED) is 0.688. The van der Waals surface area contributed by atoms with E-state index in [0.717, 1.165) is 11.9 Å². The van der Waals surface area contributed by atoms with Crippen molar-refractivity contribution in [3.8, 4) is 0 Å². The first-order valence-electron chi connectivity index (χ1n) is 7.87. The van der Waals surface area contributed by atoms with Crippen LogP contribution in [0.1, 0.15) is 21.0 Å². The van der Waals surface area contributed by atoms with E-state index in [1.54, 1.807) is 11.3 Å². The lowest BCUT2D eigenvalue weighted by Gasteiger charge is -2.23. The first-order chi connectivity index (χ1) is 11.6. The van der Waals surface area contributed by atoms with Gasteiger partial charge in [0, 0.05) is 18.0 Å². The third-order valence-corrected chi connectivity index (χ3v) is 4.99. The molecule has 0 unspecified atom stereocenters. The highest BCUT2D eigenvalue weighted by Gasteiger charge is 2.23. The number of thiophene rings is 1. The molecule has 24 heavy (non-hydrogen) atoms. The summed E-state index contributed by atoms with van der Waals surface area (Å²) in [5.74, 6) is 0.205. The molecule has 1 amide bonds. The monoisotopic (exact) mass is 343 g/mol. The topological polar surface area (TPSA) is 49.6 Å². The number of carbonyl (C=O) groups is 1. The zero-order valence-corrected chi connectivity index (χ0v) is 15.0. The summed E-state index contributed by atoms with van der Waals surface area (Å²) in [5, 5.41) is 6.82. The fourth-order valence-corrected chi connectivity index (χ4v) is 3.42. The minimum absolute atomic E-state index is 0.113. The lowest BCUT2D eigenvalue weighted by Crippen LogP contribution is -2.36. The second-order valence-corrected chi connectivity index (χ2v) is 7.09. The van der Waals surface area contributed by atoms with Gasteiger partial charge >= 0.3 is 0 Å². The Kier molecular flexibility index (Phi) is 4.97. The minimum Gasteiger partial charge on any atom is -0.350 e. The number of likely N-dealkylation sites (N-methyl/N-ethyl adjacent to an activating group) is 1. The number of fused-ring (bicyclic) bond motifs is 1. The Balaban J connectivity index is 1.88. The summed E-state index contributed by atoms with van der Waals surface area (Å²) in [5.41, 5.74) is 1.92. The Hall–Kier alpha value is -2.18. The molecule has 0 saturated heterocycles. The molecule has 1 aromatic carbocycles. The molecule has 3 rings (SSSR count). The molecule has 126 valence electrons. The molecule has 6 heteroatoms. The van der Waals surface area contributed by atoms with Crippen LogP contribution in [0.4, 0.5) is 0 Å². The Morgan fingerprint density at radius 1 is 1.21 bits per heavy atom. The second kappa shape index (κ2) is 7.15. The molecule has 0 spiro atoms. The van der Waals surface area contributed by atoms with Crippen LogP contribution in [0.3, 0.4) is 0 Å². The lowest BCUT2D eigenvalue weighted by atomic mass is 10.2. The maximum Gasteiger partial charge on any atom is 0.293 e. The van der Waals surface area contributed by atoms with E-state index in [1.165, 1.54) is 10.4 Å². The molecule has 0 bridgehead atoms. The summed E-state index contributed by atoms with van der Waals surface area (Å²) in [6, 6.07) is 9.59. The molecular formula is C18H21N3O2S. The molecule has 2 aromatic heterocycles. The van der Waals surface area contributed by atoms with Crippen molar-refractivity contribution >= 4 is 28.1 Å². The van der Waals surface area contributed by atoms with Crippen LogP contribution < -0.4 is 0 Å². The van der Waals surface area contributed by atoms with Gasteiger partial charge in [-0.15, -0.1) is 11.3 Å². The standard InChI is InChI=1S/C18H21N3O2S/c1-13-8-11-24-16(13)12-21(10-9-20(2)3)18(22)17-14-6-4-5-7-15(14)19-23-17/h4-8,11H,9-10,12H2,1-3H3. The number of nitrogens with zero attached hydrogens (tertiary/aromatic N) is 3. The van der Waals surface area contributed by atoms with Gasteiger partial charge in [0.05, 0.1) is 11.9 Å². The van der Waals surface area contributed by atoms with Crippen LogP contribution in [-0.2, 0) is 6.54 Å². The number of aryl methyl sites for hydroxylation is 1. The summed E-state index contributed by atoms with van der Waals surface area (Å²) in [7, 11) is 4.01.